The van der Waals surface area contributed by atoms with Crippen LogP contribution in [0.1, 0.15) is 5.56 Å². The van der Waals surface area contributed by atoms with Crippen LogP contribution in [-0.4, -0.2) is 25.2 Å². The zero-order valence-electron chi connectivity index (χ0n) is 15.6. The molecule has 1 amide bonds. The molecule has 5 nitrogen and oxygen atoms in total. The monoisotopic (exact) mass is 526 g/mol. The Bertz CT molecular complexity index is 1140. The van der Waals surface area contributed by atoms with E-state index in [2.05, 4.69) is 21.2 Å². The van der Waals surface area contributed by atoms with Gasteiger partial charge in [-0.15, -0.1) is 0 Å². The quantitative estimate of drug-likeness (QED) is 0.435. The number of rotatable bonds is 7. The molecule has 3 aromatic carbocycles. The summed E-state index contributed by atoms with van der Waals surface area (Å²) in [6, 6.07) is 19.7. The number of carbonyl (C=O) groups excluding carboxylic acids is 1. The minimum absolute atomic E-state index is 0.0146. The van der Waals surface area contributed by atoms with E-state index in [-0.39, 0.29) is 18.0 Å². The van der Waals surface area contributed by atoms with Gasteiger partial charge in [0.15, 0.2) is 0 Å². The van der Waals surface area contributed by atoms with Gasteiger partial charge in [0.05, 0.1) is 11.4 Å². The average molecular weight is 528 g/mol. The van der Waals surface area contributed by atoms with Gasteiger partial charge in [-0.3, -0.25) is 4.79 Å². The van der Waals surface area contributed by atoms with E-state index in [0.717, 1.165) is 8.78 Å². The zero-order chi connectivity index (χ0) is 21.7. The van der Waals surface area contributed by atoms with Gasteiger partial charge in [-0.1, -0.05) is 51.3 Å². The fourth-order valence-electron chi connectivity index (χ4n) is 2.71. The topological polar surface area (TPSA) is 66.5 Å². The van der Waals surface area contributed by atoms with Crippen molar-refractivity contribution in [1.29, 1.82) is 0 Å². The standard InChI is InChI=1S/C21H17BrCl2N2O3S/c22-16-4-8-19(9-5-16)25-21(27)14-26(13-15-2-1-3-18(24)12-15)30(28,29)20-10-6-17(23)7-11-20/h1-12H,13-14H2,(H,25,27). The van der Waals surface area contributed by atoms with Crippen molar-refractivity contribution in [3.8, 4) is 0 Å². The maximum atomic E-state index is 13.2. The number of anilines is 1. The van der Waals surface area contributed by atoms with E-state index in [1.165, 1.54) is 24.3 Å². The first kappa shape index (κ1) is 22.8. The molecule has 156 valence electrons. The van der Waals surface area contributed by atoms with Gasteiger partial charge in [-0.25, -0.2) is 8.42 Å². The van der Waals surface area contributed by atoms with Crippen molar-refractivity contribution in [2.24, 2.45) is 0 Å². The number of halogens is 3. The van der Waals surface area contributed by atoms with Crippen LogP contribution in [0.2, 0.25) is 10.0 Å². The summed E-state index contributed by atoms with van der Waals surface area (Å²) in [5, 5.41) is 3.62. The Morgan fingerprint density at radius 3 is 2.23 bits per heavy atom. The summed E-state index contributed by atoms with van der Waals surface area (Å²) in [5.41, 5.74) is 1.23. The Morgan fingerprint density at radius 1 is 0.933 bits per heavy atom. The Hall–Kier alpha value is -1.90. The van der Waals surface area contributed by atoms with Gasteiger partial charge >= 0.3 is 0 Å². The van der Waals surface area contributed by atoms with Gasteiger partial charge < -0.3 is 5.32 Å². The van der Waals surface area contributed by atoms with Crippen LogP contribution in [0, 0.1) is 0 Å². The smallest absolute Gasteiger partial charge is 0.243 e. The molecule has 0 aromatic heterocycles. The third-order valence-corrected chi connectivity index (χ3v) is 6.97. The molecule has 0 aliphatic rings. The molecule has 0 fully saturated rings. The second-order valence-corrected chi connectivity index (χ2v) is 10.1. The first-order chi connectivity index (χ1) is 14.2. The highest BCUT2D eigenvalue weighted by atomic mass is 79.9. The summed E-state index contributed by atoms with van der Waals surface area (Å²) in [6.07, 6.45) is 0. The fourth-order valence-corrected chi connectivity index (χ4v) is 4.70. The number of hydrogen-bond acceptors (Lipinski definition) is 3. The van der Waals surface area contributed by atoms with Crippen molar-refractivity contribution in [2.75, 3.05) is 11.9 Å². The van der Waals surface area contributed by atoms with Crippen LogP contribution in [0.4, 0.5) is 5.69 Å². The van der Waals surface area contributed by atoms with E-state index in [0.29, 0.717) is 21.3 Å². The Morgan fingerprint density at radius 2 is 1.60 bits per heavy atom. The molecule has 1 N–H and O–H groups in total. The molecule has 30 heavy (non-hydrogen) atoms. The number of nitrogens with zero attached hydrogens (tertiary/aromatic N) is 1. The van der Waals surface area contributed by atoms with Crippen molar-refractivity contribution < 1.29 is 13.2 Å². The zero-order valence-corrected chi connectivity index (χ0v) is 19.5. The van der Waals surface area contributed by atoms with Gasteiger partial charge in [-0.05, 0) is 66.2 Å². The van der Waals surface area contributed by atoms with Gasteiger partial charge in [0, 0.05) is 26.8 Å². The lowest BCUT2D eigenvalue weighted by atomic mass is 10.2. The third kappa shape index (κ3) is 6.06. The summed E-state index contributed by atoms with van der Waals surface area (Å²) in [6.45, 7) is -0.382. The molecule has 0 saturated heterocycles. The summed E-state index contributed by atoms with van der Waals surface area (Å²) < 4.78 is 28.4. The number of hydrogen-bond donors (Lipinski definition) is 1. The molecular formula is C21H17BrCl2N2O3S. The van der Waals surface area contributed by atoms with Gasteiger partial charge in [-0.2, -0.15) is 4.31 Å². The summed E-state index contributed by atoms with van der Waals surface area (Å²) >= 11 is 15.3. The first-order valence-electron chi connectivity index (χ1n) is 8.79. The molecule has 3 aromatic rings. The lowest BCUT2D eigenvalue weighted by molar-refractivity contribution is -0.116. The predicted molar refractivity (Wildman–Crippen MR) is 123 cm³/mol. The molecule has 0 unspecified atom stereocenters. The van der Waals surface area contributed by atoms with Crippen molar-refractivity contribution in [1.82, 2.24) is 4.31 Å². The van der Waals surface area contributed by atoms with E-state index in [9.17, 15) is 13.2 Å². The fraction of sp³-hybridized carbons (Fsp3) is 0.0952. The molecule has 0 saturated carbocycles. The molecule has 0 aliphatic carbocycles. The van der Waals surface area contributed by atoms with Crippen LogP contribution in [0.25, 0.3) is 0 Å². The second-order valence-electron chi connectivity index (χ2n) is 6.41. The van der Waals surface area contributed by atoms with Crippen LogP contribution in [0.5, 0.6) is 0 Å². The molecule has 0 radical (unpaired) electrons. The van der Waals surface area contributed by atoms with Crippen LogP contribution >= 0.6 is 39.1 Å². The highest BCUT2D eigenvalue weighted by Gasteiger charge is 2.27. The minimum atomic E-state index is -3.96. The Labute approximate surface area is 193 Å². The highest BCUT2D eigenvalue weighted by molar-refractivity contribution is 9.10. The average Bonchev–Trinajstić information content (AvgIpc) is 2.69. The van der Waals surface area contributed by atoms with E-state index in [1.807, 2.05) is 0 Å². The molecule has 0 atom stereocenters. The van der Waals surface area contributed by atoms with E-state index in [4.69, 9.17) is 23.2 Å². The van der Waals surface area contributed by atoms with Crippen molar-refractivity contribution >= 4 is 60.7 Å². The van der Waals surface area contributed by atoms with Crippen molar-refractivity contribution in [2.45, 2.75) is 11.4 Å². The second kappa shape index (κ2) is 9.94. The van der Waals surface area contributed by atoms with Crippen LogP contribution < -0.4 is 5.32 Å². The van der Waals surface area contributed by atoms with Crippen molar-refractivity contribution in [3.63, 3.8) is 0 Å². The molecule has 0 bridgehead atoms. The van der Waals surface area contributed by atoms with Crippen LogP contribution in [-0.2, 0) is 21.4 Å². The number of nitrogens with one attached hydrogen (secondary N) is 1. The highest BCUT2D eigenvalue weighted by Crippen LogP contribution is 2.22. The van der Waals surface area contributed by atoms with Crippen molar-refractivity contribution in [3.05, 3.63) is 92.9 Å². The maximum absolute atomic E-state index is 13.2. The van der Waals surface area contributed by atoms with E-state index in [1.54, 1.807) is 48.5 Å². The summed E-state index contributed by atoms with van der Waals surface area (Å²) in [7, 11) is -3.96. The number of amides is 1. The molecule has 3 rings (SSSR count). The minimum Gasteiger partial charge on any atom is -0.325 e. The van der Waals surface area contributed by atoms with E-state index < -0.39 is 15.9 Å². The predicted octanol–water partition coefficient (Wildman–Crippen LogP) is 5.59. The SMILES string of the molecule is O=C(CN(Cc1cccc(Cl)c1)S(=O)(=O)c1ccc(Cl)cc1)Nc1ccc(Br)cc1. The van der Waals surface area contributed by atoms with Crippen LogP contribution in [0.15, 0.2) is 82.2 Å². The molecular weight excluding hydrogens is 511 g/mol. The van der Waals surface area contributed by atoms with E-state index >= 15 is 0 Å². The maximum Gasteiger partial charge on any atom is 0.243 e. The van der Waals surface area contributed by atoms with Crippen LogP contribution in [0.3, 0.4) is 0 Å². The first-order valence-corrected chi connectivity index (χ1v) is 11.8. The lowest BCUT2D eigenvalue weighted by Gasteiger charge is -2.22. The molecule has 9 heteroatoms. The number of sulfonamides is 1. The summed E-state index contributed by atoms with van der Waals surface area (Å²) in [5.74, 6) is -0.461. The number of benzene rings is 3. The largest absolute Gasteiger partial charge is 0.325 e. The van der Waals surface area contributed by atoms with Gasteiger partial charge in [0.25, 0.3) is 0 Å². The lowest BCUT2D eigenvalue weighted by Crippen LogP contribution is -2.37. The summed E-state index contributed by atoms with van der Waals surface area (Å²) in [4.78, 5) is 12.7. The molecule has 0 spiro atoms. The molecule has 0 heterocycles. The third-order valence-electron chi connectivity index (χ3n) is 4.15. The van der Waals surface area contributed by atoms with Gasteiger partial charge in [0.1, 0.15) is 0 Å². The normalized spacial score (nSPS) is 11.5. The Balaban J connectivity index is 1.87. The Kier molecular flexibility index (Phi) is 7.55. The van der Waals surface area contributed by atoms with Gasteiger partial charge in [0.2, 0.25) is 15.9 Å². The molecule has 0 aliphatic heterocycles. The number of carbonyl (C=O) groups is 1.